The van der Waals surface area contributed by atoms with Crippen molar-refractivity contribution in [2.24, 2.45) is 0 Å². The SMILES string of the molecule is COc1cc([N+](=O)[O-])c(OC)cc1NC(=O)c1ccc(Cl)cc1. The number of nitrogens with one attached hydrogen (secondary N) is 1. The second-order valence-corrected chi connectivity index (χ2v) is 4.88. The molecule has 2 rings (SSSR count). The molecule has 1 amide bonds. The number of nitrogens with zero attached hydrogens (tertiary/aromatic N) is 1. The molecule has 7 nitrogen and oxygen atoms in total. The van der Waals surface area contributed by atoms with Gasteiger partial charge in [-0.1, -0.05) is 11.6 Å². The van der Waals surface area contributed by atoms with Crippen LogP contribution in [0, 0.1) is 10.1 Å². The van der Waals surface area contributed by atoms with Gasteiger partial charge in [-0.3, -0.25) is 14.9 Å². The van der Waals surface area contributed by atoms with Crippen LogP contribution in [0.5, 0.6) is 11.5 Å². The Hall–Kier alpha value is -2.80. The molecule has 0 radical (unpaired) electrons. The van der Waals surface area contributed by atoms with Gasteiger partial charge >= 0.3 is 5.69 Å². The molecule has 0 aliphatic carbocycles. The third-order valence-corrected chi connectivity index (χ3v) is 3.30. The van der Waals surface area contributed by atoms with E-state index in [1.165, 1.54) is 26.4 Å². The fourth-order valence-corrected chi connectivity index (χ4v) is 2.04. The summed E-state index contributed by atoms with van der Waals surface area (Å²) in [7, 11) is 2.66. The zero-order valence-electron chi connectivity index (χ0n) is 12.3. The summed E-state index contributed by atoms with van der Waals surface area (Å²) in [4.78, 5) is 22.6. The van der Waals surface area contributed by atoms with Crippen molar-refractivity contribution in [3.05, 3.63) is 57.1 Å². The molecule has 0 aromatic heterocycles. The minimum absolute atomic E-state index is 0.0159. The monoisotopic (exact) mass is 336 g/mol. The number of rotatable bonds is 5. The van der Waals surface area contributed by atoms with Crippen molar-refractivity contribution < 1.29 is 19.2 Å². The first kappa shape index (κ1) is 16.6. The Balaban J connectivity index is 2.36. The zero-order valence-corrected chi connectivity index (χ0v) is 13.1. The van der Waals surface area contributed by atoms with Gasteiger partial charge in [-0.2, -0.15) is 0 Å². The van der Waals surface area contributed by atoms with Crippen molar-refractivity contribution in [2.45, 2.75) is 0 Å². The molecule has 8 heteroatoms. The smallest absolute Gasteiger partial charge is 0.314 e. The number of hydrogen-bond donors (Lipinski definition) is 1. The predicted octanol–water partition coefficient (Wildman–Crippen LogP) is 3.52. The van der Waals surface area contributed by atoms with Crippen LogP contribution in [0.3, 0.4) is 0 Å². The van der Waals surface area contributed by atoms with Gasteiger partial charge < -0.3 is 14.8 Å². The summed E-state index contributed by atoms with van der Waals surface area (Å²) in [6.45, 7) is 0. The van der Waals surface area contributed by atoms with E-state index in [9.17, 15) is 14.9 Å². The van der Waals surface area contributed by atoms with Crippen molar-refractivity contribution >= 4 is 28.9 Å². The van der Waals surface area contributed by atoms with Crippen LogP contribution in [-0.2, 0) is 0 Å². The minimum atomic E-state index is -0.591. The van der Waals surface area contributed by atoms with E-state index in [4.69, 9.17) is 21.1 Å². The van der Waals surface area contributed by atoms with E-state index in [0.717, 1.165) is 0 Å². The molecule has 0 heterocycles. The number of carbonyl (C=O) groups is 1. The van der Waals surface area contributed by atoms with Gasteiger partial charge in [0.2, 0.25) is 0 Å². The molecule has 1 N–H and O–H groups in total. The number of anilines is 1. The van der Waals surface area contributed by atoms with E-state index in [2.05, 4.69) is 5.32 Å². The lowest BCUT2D eigenvalue weighted by atomic mass is 10.2. The van der Waals surface area contributed by atoms with E-state index in [1.807, 2.05) is 0 Å². The van der Waals surface area contributed by atoms with Crippen molar-refractivity contribution in [3.8, 4) is 11.5 Å². The molecule has 0 bridgehead atoms. The van der Waals surface area contributed by atoms with E-state index in [-0.39, 0.29) is 22.9 Å². The lowest BCUT2D eigenvalue weighted by molar-refractivity contribution is -0.385. The number of halogens is 1. The van der Waals surface area contributed by atoms with Gasteiger partial charge in [0, 0.05) is 16.7 Å². The number of nitro benzene ring substituents is 1. The van der Waals surface area contributed by atoms with Crippen LogP contribution in [0.15, 0.2) is 36.4 Å². The summed E-state index contributed by atoms with van der Waals surface area (Å²) in [5.74, 6) is -0.238. The fraction of sp³-hybridized carbons (Fsp3) is 0.133. The Morgan fingerprint density at radius 3 is 2.26 bits per heavy atom. The average molecular weight is 337 g/mol. The number of carbonyl (C=O) groups excluding carboxylic acids is 1. The van der Waals surface area contributed by atoms with Crippen LogP contribution in [-0.4, -0.2) is 25.1 Å². The van der Waals surface area contributed by atoms with Gasteiger partial charge in [0.25, 0.3) is 5.91 Å². The average Bonchev–Trinajstić information content (AvgIpc) is 2.54. The van der Waals surface area contributed by atoms with E-state index in [0.29, 0.717) is 10.6 Å². The molecule has 0 atom stereocenters. The zero-order chi connectivity index (χ0) is 17.0. The molecule has 0 spiro atoms. The van der Waals surface area contributed by atoms with Gasteiger partial charge in [-0.05, 0) is 24.3 Å². The highest BCUT2D eigenvalue weighted by Gasteiger charge is 2.21. The van der Waals surface area contributed by atoms with Crippen LogP contribution in [0.25, 0.3) is 0 Å². The molecular formula is C15H13ClN2O5. The topological polar surface area (TPSA) is 90.7 Å². The third kappa shape index (κ3) is 3.70. The highest BCUT2D eigenvalue weighted by molar-refractivity contribution is 6.30. The van der Waals surface area contributed by atoms with Gasteiger partial charge in [0.1, 0.15) is 5.75 Å². The van der Waals surface area contributed by atoms with Crippen LogP contribution in [0.2, 0.25) is 5.02 Å². The standard InChI is InChI=1S/C15H13ClN2O5/c1-22-13-8-12(18(20)21)14(23-2)7-11(13)17-15(19)9-3-5-10(16)6-4-9/h3-8H,1-2H3,(H,17,19). The van der Waals surface area contributed by atoms with Crippen molar-refractivity contribution in [2.75, 3.05) is 19.5 Å². The molecule has 2 aromatic carbocycles. The summed E-state index contributed by atoms with van der Waals surface area (Å²) in [6.07, 6.45) is 0. The number of amides is 1. The van der Waals surface area contributed by atoms with Crippen LogP contribution >= 0.6 is 11.6 Å². The Morgan fingerprint density at radius 1 is 1.13 bits per heavy atom. The number of hydrogen-bond acceptors (Lipinski definition) is 5. The number of methoxy groups -OCH3 is 2. The van der Waals surface area contributed by atoms with Crippen LogP contribution in [0.4, 0.5) is 11.4 Å². The maximum atomic E-state index is 12.2. The summed E-state index contributed by atoms with van der Waals surface area (Å²) in [5, 5.41) is 14.1. The normalized spacial score (nSPS) is 10.0. The van der Waals surface area contributed by atoms with Crippen molar-refractivity contribution in [1.82, 2.24) is 0 Å². The number of nitro groups is 1. The Kier molecular flexibility index (Phi) is 5.02. The fourth-order valence-electron chi connectivity index (χ4n) is 1.92. The van der Waals surface area contributed by atoms with Crippen molar-refractivity contribution in [3.63, 3.8) is 0 Å². The molecule has 2 aromatic rings. The second-order valence-electron chi connectivity index (χ2n) is 4.44. The highest BCUT2D eigenvalue weighted by atomic mass is 35.5. The van der Waals surface area contributed by atoms with Gasteiger partial charge in [0.05, 0.1) is 30.9 Å². The van der Waals surface area contributed by atoms with Gasteiger partial charge in [-0.25, -0.2) is 0 Å². The van der Waals surface area contributed by atoms with Gasteiger partial charge in [-0.15, -0.1) is 0 Å². The van der Waals surface area contributed by atoms with Crippen LogP contribution < -0.4 is 14.8 Å². The van der Waals surface area contributed by atoms with Crippen molar-refractivity contribution in [1.29, 1.82) is 0 Å². The lowest BCUT2D eigenvalue weighted by Crippen LogP contribution is -2.13. The molecule has 120 valence electrons. The molecule has 0 fully saturated rings. The summed E-state index contributed by atoms with van der Waals surface area (Å²) in [6, 6.07) is 8.83. The summed E-state index contributed by atoms with van der Waals surface area (Å²) < 4.78 is 10.1. The second kappa shape index (κ2) is 6.97. The minimum Gasteiger partial charge on any atom is -0.494 e. The Morgan fingerprint density at radius 2 is 1.74 bits per heavy atom. The molecule has 0 saturated carbocycles. The van der Waals surface area contributed by atoms with E-state index >= 15 is 0 Å². The molecule has 0 saturated heterocycles. The van der Waals surface area contributed by atoms with E-state index < -0.39 is 10.8 Å². The molecule has 0 unspecified atom stereocenters. The molecule has 23 heavy (non-hydrogen) atoms. The predicted molar refractivity (Wildman–Crippen MR) is 85.6 cm³/mol. The van der Waals surface area contributed by atoms with E-state index in [1.54, 1.807) is 24.3 Å². The highest BCUT2D eigenvalue weighted by Crippen LogP contribution is 2.37. The summed E-state index contributed by atoms with van der Waals surface area (Å²) in [5.41, 5.74) is 0.387. The third-order valence-electron chi connectivity index (χ3n) is 3.05. The molecule has 0 aliphatic heterocycles. The number of benzene rings is 2. The van der Waals surface area contributed by atoms with Crippen LogP contribution in [0.1, 0.15) is 10.4 Å². The first-order valence-electron chi connectivity index (χ1n) is 6.43. The maximum absolute atomic E-state index is 12.2. The molecule has 0 aliphatic rings. The lowest BCUT2D eigenvalue weighted by Gasteiger charge is -2.12. The quantitative estimate of drug-likeness (QED) is 0.666. The first-order valence-corrected chi connectivity index (χ1v) is 6.81. The largest absolute Gasteiger partial charge is 0.494 e. The molecular weight excluding hydrogens is 324 g/mol. The summed E-state index contributed by atoms with van der Waals surface area (Å²) >= 11 is 5.78. The number of ether oxygens (including phenoxy) is 2. The van der Waals surface area contributed by atoms with Gasteiger partial charge in [0.15, 0.2) is 5.75 Å². The Bertz CT molecular complexity index is 746. The Labute approximate surface area is 136 Å². The first-order chi connectivity index (χ1) is 11.0. The maximum Gasteiger partial charge on any atom is 0.314 e.